The molecule has 0 unspecified atom stereocenters. The number of hydrogen-bond acceptors (Lipinski definition) is 3. The molecule has 0 saturated heterocycles. The van der Waals surface area contributed by atoms with Crippen molar-refractivity contribution in [2.75, 3.05) is 7.11 Å². The third kappa shape index (κ3) is 3.25. The van der Waals surface area contributed by atoms with Gasteiger partial charge in [-0.1, -0.05) is 12.1 Å². The summed E-state index contributed by atoms with van der Waals surface area (Å²) in [4.78, 5) is 11.8. The van der Waals surface area contributed by atoms with Gasteiger partial charge in [0.05, 0.1) is 13.2 Å². The molecule has 1 saturated carbocycles. The van der Waals surface area contributed by atoms with Gasteiger partial charge in [0, 0.05) is 6.42 Å². The van der Waals surface area contributed by atoms with Gasteiger partial charge in [-0.05, 0) is 43.4 Å². The summed E-state index contributed by atoms with van der Waals surface area (Å²) in [7, 11) is 1.63. The lowest BCUT2D eigenvalue weighted by Gasteiger charge is -2.35. The van der Waals surface area contributed by atoms with Crippen molar-refractivity contribution in [3.8, 4) is 11.8 Å². The molecule has 1 aromatic rings. The highest BCUT2D eigenvalue weighted by Gasteiger charge is 2.38. The minimum atomic E-state index is -0.586. The van der Waals surface area contributed by atoms with Gasteiger partial charge in [-0.25, -0.2) is 0 Å². The summed E-state index contributed by atoms with van der Waals surface area (Å²) in [5, 5.41) is 11.9. The minimum Gasteiger partial charge on any atom is -0.497 e. The van der Waals surface area contributed by atoms with Crippen molar-refractivity contribution in [1.82, 2.24) is 5.32 Å². The first-order valence-electron chi connectivity index (χ1n) is 6.53. The number of benzene rings is 1. The zero-order valence-corrected chi connectivity index (χ0v) is 11.1. The van der Waals surface area contributed by atoms with E-state index in [0.29, 0.717) is 12.8 Å². The maximum Gasteiger partial charge on any atom is 0.221 e. The van der Waals surface area contributed by atoms with Crippen LogP contribution in [0.25, 0.3) is 0 Å². The van der Waals surface area contributed by atoms with E-state index >= 15 is 0 Å². The van der Waals surface area contributed by atoms with E-state index in [1.807, 2.05) is 24.3 Å². The van der Waals surface area contributed by atoms with Gasteiger partial charge in [-0.15, -0.1) is 0 Å². The average molecular weight is 258 g/mol. The Kier molecular flexibility index (Phi) is 4.06. The van der Waals surface area contributed by atoms with Gasteiger partial charge in [0.25, 0.3) is 0 Å². The molecule has 0 heterocycles. The van der Waals surface area contributed by atoms with Gasteiger partial charge in [-0.2, -0.15) is 5.26 Å². The Labute approximate surface area is 113 Å². The fourth-order valence-corrected chi connectivity index (χ4v) is 2.17. The molecule has 0 spiro atoms. The number of nitrogens with one attached hydrogen (secondary N) is 1. The van der Waals surface area contributed by atoms with Crippen molar-refractivity contribution in [2.24, 2.45) is 0 Å². The van der Waals surface area contributed by atoms with Crippen molar-refractivity contribution in [3.05, 3.63) is 29.8 Å². The first-order valence-corrected chi connectivity index (χ1v) is 6.53. The fourth-order valence-electron chi connectivity index (χ4n) is 2.17. The molecule has 0 radical (unpaired) electrons. The predicted octanol–water partition coefficient (Wildman–Crippen LogP) is 2.19. The predicted molar refractivity (Wildman–Crippen MR) is 71.7 cm³/mol. The Balaban J connectivity index is 1.81. The lowest BCUT2D eigenvalue weighted by molar-refractivity contribution is -0.123. The van der Waals surface area contributed by atoms with Crippen molar-refractivity contribution >= 4 is 5.91 Å². The largest absolute Gasteiger partial charge is 0.497 e. The molecule has 0 atom stereocenters. The Morgan fingerprint density at radius 1 is 1.42 bits per heavy atom. The van der Waals surface area contributed by atoms with Gasteiger partial charge in [0.1, 0.15) is 11.3 Å². The van der Waals surface area contributed by atoms with Crippen LogP contribution in [0.1, 0.15) is 31.2 Å². The molecular formula is C15H18N2O2. The normalized spacial score (nSPS) is 16.0. The second-order valence-electron chi connectivity index (χ2n) is 4.94. The van der Waals surface area contributed by atoms with Crippen molar-refractivity contribution < 1.29 is 9.53 Å². The molecule has 1 aromatic carbocycles. The van der Waals surface area contributed by atoms with E-state index in [0.717, 1.165) is 30.6 Å². The first kappa shape index (κ1) is 13.4. The SMILES string of the molecule is COc1ccc(CCC(=O)NC2(C#N)CCC2)cc1. The van der Waals surface area contributed by atoms with Gasteiger partial charge in [0.15, 0.2) is 0 Å². The van der Waals surface area contributed by atoms with Crippen LogP contribution in [0.3, 0.4) is 0 Å². The summed E-state index contributed by atoms with van der Waals surface area (Å²) in [5.41, 5.74) is 0.507. The van der Waals surface area contributed by atoms with Crippen LogP contribution >= 0.6 is 0 Å². The molecular weight excluding hydrogens is 240 g/mol. The van der Waals surface area contributed by atoms with Crippen LogP contribution in [-0.4, -0.2) is 18.6 Å². The molecule has 100 valence electrons. The van der Waals surface area contributed by atoms with Crippen LogP contribution in [0.15, 0.2) is 24.3 Å². The molecule has 2 rings (SSSR count). The average Bonchev–Trinajstić information content (AvgIpc) is 2.41. The summed E-state index contributed by atoms with van der Waals surface area (Å²) < 4.78 is 5.08. The topological polar surface area (TPSA) is 62.1 Å². The maximum absolute atomic E-state index is 11.8. The third-order valence-corrected chi connectivity index (χ3v) is 3.60. The lowest BCUT2D eigenvalue weighted by atomic mass is 9.78. The minimum absolute atomic E-state index is 0.0444. The quantitative estimate of drug-likeness (QED) is 0.880. The number of carbonyl (C=O) groups excluding carboxylic acids is 1. The lowest BCUT2D eigenvalue weighted by Crippen LogP contribution is -2.52. The molecule has 1 N–H and O–H groups in total. The van der Waals surface area contributed by atoms with E-state index in [-0.39, 0.29) is 5.91 Å². The fraction of sp³-hybridized carbons (Fsp3) is 0.467. The van der Waals surface area contributed by atoms with Crippen molar-refractivity contribution in [3.63, 3.8) is 0 Å². The second-order valence-corrected chi connectivity index (χ2v) is 4.94. The third-order valence-electron chi connectivity index (χ3n) is 3.60. The zero-order valence-electron chi connectivity index (χ0n) is 11.1. The molecule has 0 aromatic heterocycles. The standard InChI is InChI=1S/C15H18N2O2/c1-19-13-6-3-12(4-7-13)5-8-14(18)17-15(11-16)9-2-10-15/h3-4,6-7H,2,5,8-10H2,1H3,(H,17,18). The number of aryl methyl sites for hydroxylation is 1. The number of amides is 1. The Morgan fingerprint density at radius 3 is 2.58 bits per heavy atom. The Hall–Kier alpha value is -2.02. The molecule has 4 nitrogen and oxygen atoms in total. The zero-order chi connectivity index (χ0) is 13.7. The van der Waals surface area contributed by atoms with E-state index in [1.165, 1.54) is 0 Å². The summed E-state index contributed by atoms with van der Waals surface area (Å²) in [5.74, 6) is 0.767. The highest BCUT2D eigenvalue weighted by atomic mass is 16.5. The maximum atomic E-state index is 11.8. The molecule has 1 amide bonds. The van der Waals surface area contributed by atoms with E-state index in [9.17, 15) is 4.79 Å². The smallest absolute Gasteiger partial charge is 0.221 e. The number of methoxy groups -OCH3 is 1. The summed E-state index contributed by atoms with van der Waals surface area (Å²) >= 11 is 0. The molecule has 1 aliphatic carbocycles. The van der Waals surface area contributed by atoms with E-state index in [1.54, 1.807) is 7.11 Å². The Morgan fingerprint density at radius 2 is 2.11 bits per heavy atom. The second kappa shape index (κ2) is 5.75. The number of hydrogen-bond donors (Lipinski definition) is 1. The van der Waals surface area contributed by atoms with Crippen LogP contribution in [0.5, 0.6) is 5.75 Å². The van der Waals surface area contributed by atoms with Crippen LogP contribution in [0, 0.1) is 11.3 Å². The number of rotatable bonds is 5. The molecule has 4 heteroatoms. The van der Waals surface area contributed by atoms with E-state index in [4.69, 9.17) is 10.00 Å². The number of ether oxygens (including phenoxy) is 1. The van der Waals surface area contributed by atoms with Gasteiger partial charge >= 0.3 is 0 Å². The van der Waals surface area contributed by atoms with Gasteiger partial charge in [0.2, 0.25) is 5.91 Å². The van der Waals surface area contributed by atoms with Gasteiger partial charge in [-0.3, -0.25) is 4.79 Å². The highest BCUT2D eigenvalue weighted by Crippen LogP contribution is 2.30. The molecule has 0 aliphatic heterocycles. The van der Waals surface area contributed by atoms with Gasteiger partial charge < -0.3 is 10.1 Å². The molecule has 0 bridgehead atoms. The van der Waals surface area contributed by atoms with Crippen LogP contribution in [0.4, 0.5) is 0 Å². The summed E-state index contributed by atoms with van der Waals surface area (Å²) in [6, 6.07) is 9.89. The molecule has 19 heavy (non-hydrogen) atoms. The first-order chi connectivity index (χ1) is 9.17. The van der Waals surface area contributed by atoms with Crippen LogP contribution in [0.2, 0.25) is 0 Å². The Bertz CT molecular complexity index is 484. The highest BCUT2D eigenvalue weighted by molar-refractivity contribution is 5.77. The van der Waals surface area contributed by atoms with E-state index < -0.39 is 5.54 Å². The number of carbonyl (C=O) groups is 1. The molecule has 1 aliphatic rings. The van der Waals surface area contributed by atoms with E-state index in [2.05, 4.69) is 11.4 Å². The van der Waals surface area contributed by atoms with Crippen molar-refractivity contribution in [1.29, 1.82) is 5.26 Å². The monoisotopic (exact) mass is 258 g/mol. The number of nitriles is 1. The molecule has 1 fully saturated rings. The van der Waals surface area contributed by atoms with Crippen LogP contribution in [-0.2, 0) is 11.2 Å². The van der Waals surface area contributed by atoms with Crippen LogP contribution < -0.4 is 10.1 Å². The summed E-state index contributed by atoms with van der Waals surface area (Å²) in [6.07, 6.45) is 3.66. The van der Waals surface area contributed by atoms with Crippen molar-refractivity contribution in [2.45, 2.75) is 37.6 Å². The number of nitrogens with zero attached hydrogens (tertiary/aromatic N) is 1. The summed E-state index contributed by atoms with van der Waals surface area (Å²) in [6.45, 7) is 0.